The zero-order valence-corrected chi connectivity index (χ0v) is 17.0. The number of anilines is 1. The first kappa shape index (κ1) is 20.8. The molecule has 0 spiro atoms. The second kappa shape index (κ2) is 8.63. The van der Waals surface area contributed by atoms with Crippen LogP contribution < -0.4 is 4.72 Å². The van der Waals surface area contributed by atoms with E-state index < -0.39 is 15.8 Å². The number of nitrogens with zero attached hydrogens (tertiary/aromatic N) is 1. The van der Waals surface area contributed by atoms with E-state index in [0.29, 0.717) is 12.1 Å². The molecule has 8 heteroatoms. The van der Waals surface area contributed by atoms with Crippen molar-refractivity contribution in [2.75, 3.05) is 11.8 Å². The molecule has 5 nitrogen and oxygen atoms in total. The monoisotopic (exact) mass is 432 g/mol. The van der Waals surface area contributed by atoms with Gasteiger partial charge in [-0.25, -0.2) is 12.8 Å². The van der Waals surface area contributed by atoms with Crippen molar-refractivity contribution in [3.05, 3.63) is 94.8 Å². The normalized spacial score (nSPS) is 11.1. The van der Waals surface area contributed by atoms with Gasteiger partial charge in [0.15, 0.2) is 0 Å². The van der Waals surface area contributed by atoms with Crippen LogP contribution in [-0.2, 0) is 16.6 Å². The van der Waals surface area contributed by atoms with Crippen LogP contribution in [0.4, 0.5) is 10.1 Å². The van der Waals surface area contributed by atoms with Gasteiger partial charge in [0.25, 0.3) is 15.9 Å². The van der Waals surface area contributed by atoms with Crippen molar-refractivity contribution in [1.82, 2.24) is 4.90 Å². The molecule has 0 fully saturated rings. The van der Waals surface area contributed by atoms with Crippen molar-refractivity contribution in [1.29, 1.82) is 0 Å². The summed E-state index contributed by atoms with van der Waals surface area (Å²) >= 11 is 5.66. The number of rotatable bonds is 6. The van der Waals surface area contributed by atoms with Crippen LogP contribution in [0.2, 0.25) is 5.02 Å². The van der Waals surface area contributed by atoms with Gasteiger partial charge in [-0.05, 0) is 48.0 Å². The fourth-order valence-electron chi connectivity index (χ4n) is 2.69. The fourth-order valence-corrected chi connectivity index (χ4v) is 4.02. The minimum absolute atomic E-state index is 0.161. The molecular weight excluding hydrogens is 415 g/mol. The second-order valence-electron chi connectivity index (χ2n) is 6.41. The van der Waals surface area contributed by atoms with Crippen LogP contribution >= 0.6 is 11.6 Å². The number of hydrogen-bond acceptors (Lipinski definition) is 3. The summed E-state index contributed by atoms with van der Waals surface area (Å²) in [5.41, 5.74) is 1.70. The zero-order valence-electron chi connectivity index (χ0n) is 15.5. The lowest BCUT2D eigenvalue weighted by molar-refractivity contribution is 0.0785. The molecule has 0 aromatic heterocycles. The van der Waals surface area contributed by atoms with Gasteiger partial charge in [-0.1, -0.05) is 41.9 Å². The molecule has 0 bridgehead atoms. The van der Waals surface area contributed by atoms with E-state index in [1.54, 1.807) is 24.1 Å². The molecule has 1 amide bonds. The Morgan fingerprint density at radius 2 is 1.69 bits per heavy atom. The summed E-state index contributed by atoms with van der Waals surface area (Å²) in [5.74, 6) is -0.887. The summed E-state index contributed by atoms with van der Waals surface area (Å²) in [5, 5.41) is -0.282. The molecule has 0 saturated carbocycles. The third-order valence-corrected chi connectivity index (χ3v) is 5.86. The smallest absolute Gasteiger partial charge is 0.261 e. The molecule has 3 rings (SSSR count). The summed E-state index contributed by atoms with van der Waals surface area (Å²) < 4.78 is 40.5. The molecule has 29 heavy (non-hydrogen) atoms. The second-order valence-corrected chi connectivity index (χ2v) is 8.50. The Labute approximate surface area is 173 Å². The average molecular weight is 433 g/mol. The molecule has 3 aromatic carbocycles. The maximum absolute atomic E-state index is 13.3. The van der Waals surface area contributed by atoms with E-state index in [9.17, 15) is 17.6 Å². The molecule has 0 radical (unpaired) electrons. The lowest BCUT2D eigenvalue weighted by atomic mass is 10.1. The molecule has 0 aliphatic carbocycles. The van der Waals surface area contributed by atoms with Gasteiger partial charge in [0, 0.05) is 24.8 Å². The van der Waals surface area contributed by atoms with E-state index >= 15 is 0 Å². The predicted molar refractivity (Wildman–Crippen MR) is 111 cm³/mol. The van der Waals surface area contributed by atoms with Crippen LogP contribution in [0.1, 0.15) is 15.9 Å². The molecule has 3 aromatic rings. The number of nitrogens with one attached hydrogen (secondary N) is 1. The quantitative estimate of drug-likeness (QED) is 0.621. The SMILES string of the molecule is CN(Cc1ccccc1)C(=O)c1ccc(NS(=O)(=O)c2ccc(F)c(Cl)c2)cc1. The molecule has 0 unspecified atom stereocenters. The van der Waals surface area contributed by atoms with Crippen LogP contribution in [0.5, 0.6) is 0 Å². The van der Waals surface area contributed by atoms with Crippen LogP contribution in [0.3, 0.4) is 0 Å². The Balaban J connectivity index is 1.70. The van der Waals surface area contributed by atoms with Crippen LogP contribution in [0.15, 0.2) is 77.7 Å². The van der Waals surface area contributed by atoms with Crippen molar-refractivity contribution in [2.45, 2.75) is 11.4 Å². The lowest BCUT2D eigenvalue weighted by Gasteiger charge is -2.17. The highest BCUT2D eigenvalue weighted by molar-refractivity contribution is 7.92. The standard InChI is InChI=1S/C21H18ClFN2O3S/c1-25(14-15-5-3-2-4-6-15)21(26)16-7-9-17(10-8-16)24-29(27,28)18-11-12-20(23)19(22)13-18/h2-13,24H,14H2,1H3. The van der Waals surface area contributed by atoms with E-state index in [0.717, 1.165) is 23.8 Å². The van der Waals surface area contributed by atoms with E-state index in [1.807, 2.05) is 30.3 Å². The topological polar surface area (TPSA) is 66.5 Å². The Hall–Kier alpha value is -2.90. The number of amides is 1. The fraction of sp³-hybridized carbons (Fsp3) is 0.0952. The van der Waals surface area contributed by atoms with Crippen molar-refractivity contribution >= 4 is 33.2 Å². The van der Waals surface area contributed by atoms with Gasteiger partial charge in [-0.2, -0.15) is 0 Å². The Kier molecular flexibility index (Phi) is 6.20. The Morgan fingerprint density at radius 3 is 2.31 bits per heavy atom. The van der Waals surface area contributed by atoms with E-state index in [1.165, 1.54) is 12.1 Å². The van der Waals surface area contributed by atoms with E-state index in [-0.39, 0.29) is 21.5 Å². The molecule has 0 heterocycles. The van der Waals surface area contributed by atoms with Gasteiger partial charge >= 0.3 is 0 Å². The van der Waals surface area contributed by atoms with Gasteiger partial charge in [0.05, 0.1) is 9.92 Å². The largest absolute Gasteiger partial charge is 0.337 e. The lowest BCUT2D eigenvalue weighted by Crippen LogP contribution is -2.26. The number of benzene rings is 3. The number of carbonyl (C=O) groups is 1. The Bertz CT molecular complexity index is 1120. The Morgan fingerprint density at radius 1 is 1.03 bits per heavy atom. The first-order chi connectivity index (χ1) is 13.8. The van der Waals surface area contributed by atoms with Crippen molar-refractivity contribution in [3.8, 4) is 0 Å². The highest BCUT2D eigenvalue weighted by Gasteiger charge is 2.17. The van der Waals surface area contributed by atoms with Crippen molar-refractivity contribution in [2.24, 2.45) is 0 Å². The average Bonchev–Trinajstić information content (AvgIpc) is 2.70. The van der Waals surface area contributed by atoms with Gasteiger partial charge in [-0.3, -0.25) is 9.52 Å². The van der Waals surface area contributed by atoms with E-state index in [4.69, 9.17) is 11.6 Å². The van der Waals surface area contributed by atoms with Gasteiger partial charge < -0.3 is 4.90 Å². The highest BCUT2D eigenvalue weighted by atomic mass is 35.5. The molecule has 0 atom stereocenters. The van der Waals surface area contributed by atoms with Crippen molar-refractivity contribution < 1.29 is 17.6 Å². The number of halogens is 2. The summed E-state index contributed by atoms with van der Waals surface area (Å²) in [6.07, 6.45) is 0. The number of carbonyl (C=O) groups excluding carboxylic acids is 1. The first-order valence-corrected chi connectivity index (χ1v) is 10.5. The van der Waals surface area contributed by atoms with Gasteiger partial charge in [-0.15, -0.1) is 0 Å². The molecule has 150 valence electrons. The van der Waals surface area contributed by atoms with E-state index in [2.05, 4.69) is 4.72 Å². The highest BCUT2D eigenvalue weighted by Crippen LogP contribution is 2.22. The van der Waals surface area contributed by atoms with Gasteiger partial charge in [0.1, 0.15) is 5.82 Å². The maximum Gasteiger partial charge on any atom is 0.261 e. The first-order valence-electron chi connectivity index (χ1n) is 8.63. The van der Waals surface area contributed by atoms with Gasteiger partial charge in [0.2, 0.25) is 0 Å². The molecule has 1 N–H and O–H groups in total. The third-order valence-electron chi connectivity index (χ3n) is 4.19. The summed E-state index contributed by atoms with van der Waals surface area (Å²) in [6.45, 7) is 0.458. The van der Waals surface area contributed by atoms with Crippen LogP contribution in [0.25, 0.3) is 0 Å². The summed E-state index contributed by atoms with van der Waals surface area (Å²) in [7, 11) is -2.24. The van der Waals surface area contributed by atoms with Crippen molar-refractivity contribution in [3.63, 3.8) is 0 Å². The minimum atomic E-state index is -3.94. The third kappa shape index (κ3) is 5.13. The summed E-state index contributed by atoms with van der Waals surface area (Å²) in [4.78, 5) is 14.0. The maximum atomic E-state index is 13.3. The molecule has 0 saturated heterocycles. The number of hydrogen-bond donors (Lipinski definition) is 1. The minimum Gasteiger partial charge on any atom is -0.337 e. The van der Waals surface area contributed by atoms with Crippen LogP contribution in [-0.4, -0.2) is 26.3 Å². The molecule has 0 aliphatic heterocycles. The molecule has 0 aliphatic rings. The molecular formula is C21H18ClFN2O3S. The number of sulfonamides is 1. The zero-order chi connectivity index (χ0) is 21.0. The van der Waals surface area contributed by atoms with Crippen LogP contribution in [0, 0.1) is 5.82 Å². The summed E-state index contributed by atoms with van der Waals surface area (Å²) in [6, 6.07) is 18.8. The predicted octanol–water partition coefficient (Wildman–Crippen LogP) is 4.55.